The fourth-order valence-electron chi connectivity index (χ4n) is 0.637. The molecule has 3 nitrogen and oxygen atoms in total. The van der Waals surface area contributed by atoms with Crippen LogP contribution in [0.3, 0.4) is 0 Å². The molecule has 0 radical (unpaired) electrons. The van der Waals surface area contributed by atoms with Gasteiger partial charge in [-0.05, 0) is 30.1 Å². The van der Waals surface area contributed by atoms with E-state index in [1.54, 1.807) is 13.0 Å². The SMILES string of the molecule is Cc1ccc(S(=O)[O-])c(Cl)n1.[Na+]. The molecule has 1 atom stereocenters. The molecular formula is C6H5ClNNaO2S. The number of rotatable bonds is 1. The largest absolute Gasteiger partial charge is 1.00 e. The van der Waals surface area contributed by atoms with Crippen molar-refractivity contribution in [1.29, 1.82) is 0 Å². The number of aryl methyl sites for hydroxylation is 1. The van der Waals surface area contributed by atoms with Gasteiger partial charge in [-0.15, -0.1) is 0 Å². The summed E-state index contributed by atoms with van der Waals surface area (Å²) in [7, 11) is 0. The third kappa shape index (κ3) is 3.12. The van der Waals surface area contributed by atoms with Crippen molar-refractivity contribution < 1.29 is 38.3 Å². The molecule has 1 aromatic heterocycles. The fraction of sp³-hybridized carbons (Fsp3) is 0.167. The monoisotopic (exact) mass is 213 g/mol. The minimum Gasteiger partial charge on any atom is -0.768 e. The van der Waals surface area contributed by atoms with Crippen LogP contribution in [0.25, 0.3) is 0 Å². The van der Waals surface area contributed by atoms with Crippen molar-refractivity contribution in [3.8, 4) is 0 Å². The molecule has 0 aliphatic heterocycles. The molecule has 6 heteroatoms. The minimum absolute atomic E-state index is 0. The van der Waals surface area contributed by atoms with Gasteiger partial charge in [-0.2, -0.15) is 0 Å². The molecule has 0 N–H and O–H groups in total. The van der Waals surface area contributed by atoms with Crippen molar-refractivity contribution in [3.05, 3.63) is 23.0 Å². The van der Waals surface area contributed by atoms with Crippen LogP contribution in [0.2, 0.25) is 5.15 Å². The van der Waals surface area contributed by atoms with E-state index in [1.165, 1.54) is 6.07 Å². The maximum Gasteiger partial charge on any atom is 1.00 e. The van der Waals surface area contributed by atoms with Crippen molar-refractivity contribution in [3.63, 3.8) is 0 Å². The van der Waals surface area contributed by atoms with Gasteiger partial charge in [0.1, 0.15) is 5.15 Å². The van der Waals surface area contributed by atoms with E-state index in [4.69, 9.17) is 11.6 Å². The van der Waals surface area contributed by atoms with Crippen LogP contribution in [0.5, 0.6) is 0 Å². The Bertz CT molecular complexity index is 308. The average molecular weight is 214 g/mol. The summed E-state index contributed by atoms with van der Waals surface area (Å²) < 4.78 is 20.8. The zero-order valence-corrected chi connectivity index (χ0v) is 10.3. The third-order valence-corrected chi connectivity index (χ3v) is 2.22. The molecule has 1 heterocycles. The third-order valence-electron chi connectivity index (χ3n) is 1.13. The standard InChI is InChI=1S/C6H6ClNO2S.Na/c1-4-2-3-5(11(9)10)6(7)8-4;/h2-3H,1H3,(H,9,10);/q;+1/p-1. The summed E-state index contributed by atoms with van der Waals surface area (Å²) in [5.74, 6) is 0. The summed E-state index contributed by atoms with van der Waals surface area (Å²) in [5.41, 5.74) is 0.698. The summed E-state index contributed by atoms with van der Waals surface area (Å²) in [6.45, 7) is 1.74. The van der Waals surface area contributed by atoms with Crippen LogP contribution < -0.4 is 29.6 Å². The molecule has 60 valence electrons. The molecule has 12 heavy (non-hydrogen) atoms. The van der Waals surface area contributed by atoms with E-state index in [2.05, 4.69) is 4.98 Å². The van der Waals surface area contributed by atoms with Crippen molar-refractivity contribution in [2.45, 2.75) is 11.8 Å². The number of pyridine rings is 1. The van der Waals surface area contributed by atoms with E-state index in [0.29, 0.717) is 5.69 Å². The quantitative estimate of drug-likeness (QED) is 0.317. The van der Waals surface area contributed by atoms with Gasteiger partial charge in [-0.3, -0.25) is 4.21 Å². The molecule has 0 spiro atoms. The topological polar surface area (TPSA) is 53.0 Å². The van der Waals surface area contributed by atoms with E-state index in [9.17, 15) is 8.76 Å². The van der Waals surface area contributed by atoms with Gasteiger partial charge in [0.25, 0.3) is 0 Å². The average Bonchev–Trinajstić information content (AvgIpc) is 1.85. The normalized spacial score (nSPS) is 11.9. The Morgan fingerprint density at radius 1 is 1.58 bits per heavy atom. The second-order valence-electron chi connectivity index (χ2n) is 1.98. The Morgan fingerprint density at radius 2 is 2.17 bits per heavy atom. The Labute approximate surface area is 100 Å². The first-order valence-corrected chi connectivity index (χ1v) is 4.29. The van der Waals surface area contributed by atoms with Crippen LogP contribution in [0, 0.1) is 6.92 Å². The summed E-state index contributed by atoms with van der Waals surface area (Å²) in [5, 5.41) is 0.0262. The van der Waals surface area contributed by atoms with Gasteiger partial charge >= 0.3 is 29.6 Å². The minimum atomic E-state index is -2.29. The van der Waals surface area contributed by atoms with Gasteiger partial charge in [0.15, 0.2) is 0 Å². The van der Waals surface area contributed by atoms with Crippen LogP contribution >= 0.6 is 11.6 Å². The smallest absolute Gasteiger partial charge is 0.768 e. The van der Waals surface area contributed by atoms with Gasteiger partial charge < -0.3 is 4.55 Å². The Morgan fingerprint density at radius 3 is 2.58 bits per heavy atom. The zero-order chi connectivity index (χ0) is 8.43. The molecule has 0 aliphatic carbocycles. The van der Waals surface area contributed by atoms with Crippen LogP contribution in [0.1, 0.15) is 5.69 Å². The van der Waals surface area contributed by atoms with E-state index < -0.39 is 11.1 Å². The van der Waals surface area contributed by atoms with Crippen LogP contribution in [0.15, 0.2) is 17.0 Å². The Hall–Kier alpha value is 0.550. The predicted molar refractivity (Wildman–Crippen MR) is 41.2 cm³/mol. The van der Waals surface area contributed by atoms with Gasteiger partial charge in [0, 0.05) is 5.69 Å². The van der Waals surface area contributed by atoms with E-state index in [1.807, 2.05) is 0 Å². The molecule has 0 fully saturated rings. The summed E-state index contributed by atoms with van der Waals surface area (Å²) >= 11 is 3.23. The van der Waals surface area contributed by atoms with Gasteiger partial charge in [-0.1, -0.05) is 11.6 Å². The van der Waals surface area contributed by atoms with E-state index in [-0.39, 0.29) is 39.6 Å². The van der Waals surface area contributed by atoms with Crippen molar-refractivity contribution in [2.75, 3.05) is 0 Å². The van der Waals surface area contributed by atoms with Crippen molar-refractivity contribution in [1.82, 2.24) is 4.98 Å². The van der Waals surface area contributed by atoms with Gasteiger partial charge in [0.05, 0.1) is 4.90 Å². The first-order valence-electron chi connectivity index (χ1n) is 2.83. The second kappa shape index (κ2) is 5.32. The number of halogens is 1. The number of aromatic nitrogens is 1. The molecule has 1 rings (SSSR count). The molecule has 0 aromatic carbocycles. The first kappa shape index (κ1) is 12.6. The van der Waals surface area contributed by atoms with Crippen LogP contribution in [-0.2, 0) is 11.1 Å². The predicted octanol–water partition coefficient (Wildman–Crippen LogP) is -1.71. The number of hydrogen-bond acceptors (Lipinski definition) is 3. The number of hydrogen-bond donors (Lipinski definition) is 0. The Kier molecular flexibility index (Phi) is 5.56. The zero-order valence-electron chi connectivity index (χ0n) is 6.70. The van der Waals surface area contributed by atoms with Gasteiger partial charge in [-0.25, -0.2) is 4.98 Å². The molecule has 1 unspecified atom stereocenters. The summed E-state index contributed by atoms with van der Waals surface area (Å²) in [6, 6.07) is 3.02. The van der Waals surface area contributed by atoms with Crippen LogP contribution in [0.4, 0.5) is 0 Å². The molecule has 0 amide bonds. The molecule has 1 aromatic rings. The maximum atomic E-state index is 10.4. The first-order chi connectivity index (χ1) is 5.11. The molecular weight excluding hydrogens is 209 g/mol. The Balaban J connectivity index is 0.00000121. The van der Waals surface area contributed by atoms with Gasteiger partial charge in [0.2, 0.25) is 0 Å². The fourth-order valence-corrected chi connectivity index (χ4v) is 1.38. The van der Waals surface area contributed by atoms with Crippen LogP contribution in [-0.4, -0.2) is 13.7 Å². The molecule has 0 aliphatic rings. The van der Waals surface area contributed by atoms with Crippen molar-refractivity contribution in [2.24, 2.45) is 0 Å². The maximum absolute atomic E-state index is 10.4. The van der Waals surface area contributed by atoms with E-state index in [0.717, 1.165) is 0 Å². The molecule has 0 saturated carbocycles. The van der Waals surface area contributed by atoms with E-state index >= 15 is 0 Å². The van der Waals surface area contributed by atoms with Crippen molar-refractivity contribution >= 4 is 22.7 Å². The number of nitrogens with zero attached hydrogens (tertiary/aromatic N) is 1. The summed E-state index contributed by atoms with van der Waals surface area (Å²) in [4.78, 5) is 3.81. The summed E-state index contributed by atoms with van der Waals surface area (Å²) in [6.07, 6.45) is 0. The second-order valence-corrected chi connectivity index (χ2v) is 3.24. The molecule has 0 bridgehead atoms. The molecule has 0 saturated heterocycles.